The minimum atomic E-state index is -0.788. The van der Waals surface area contributed by atoms with E-state index in [4.69, 9.17) is 17.3 Å². The van der Waals surface area contributed by atoms with Crippen LogP contribution >= 0.6 is 11.6 Å². The summed E-state index contributed by atoms with van der Waals surface area (Å²) in [6, 6.07) is 8.87. The minimum Gasteiger partial charge on any atom is -0.364 e. The summed E-state index contributed by atoms with van der Waals surface area (Å²) in [4.78, 5) is 52.7. The van der Waals surface area contributed by atoms with Gasteiger partial charge in [0.25, 0.3) is 5.91 Å². The fraction of sp³-hybridized carbons (Fsp3) is 0.320. The first-order chi connectivity index (χ1) is 18.0. The number of amides is 5. The Balaban J connectivity index is 1.49. The Morgan fingerprint density at radius 2 is 1.92 bits per heavy atom. The van der Waals surface area contributed by atoms with Gasteiger partial charge >= 0.3 is 6.03 Å². The molecule has 1 aromatic heterocycles. The number of hydrogen-bond donors (Lipinski definition) is 3. The average molecular weight is 544 g/mol. The topological polar surface area (TPSA) is 143 Å². The molecule has 11 nitrogen and oxygen atoms in total. The number of fused-ring (bicyclic) bond motifs is 1. The lowest BCUT2D eigenvalue weighted by atomic mass is 10.2. The van der Waals surface area contributed by atoms with Crippen LogP contribution in [-0.2, 0) is 22.7 Å². The predicted octanol–water partition coefficient (Wildman–Crippen LogP) is 2.33. The molecule has 3 aromatic rings. The molecule has 1 fully saturated rings. The zero-order valence-corrected chi connectivity index (χ0v) is 21.6. The average Bonchev–Trinajstić information content (AvgIpc) is 3.65. The molecule has 0 atom stereocenters. The second kappa shape index (κ2) is 11.1. The molecule has 0 radical (unpaired) electrons. The van der Waals surface area contributed by atoms with E-state index in [1.165, 1.54) is 26.6 Å². The Bertz CT molecular complexity index is 1420. The third-order valence-corrected chi connectivity index (χ3v) is 6.35. The van der Waals surface area contributed by atoms with Crippen molar-refractivity contribution < 1.29 is 23.6 Å². The Morgan fingerprint density at radius 1 is 1.18 bits per heavy atom. The maximum atomic E-state index is 14.1. The van der Waals surface area contributed by atoms with Gasteiger partial charge in [-0.3, -0.25) is 19.1 Å². The number of nitrogens with one attached hydrogen (secondary N) is 2. The number of nitrogens with two attached hydrogens (primary N) is 1. The molecule has 0 unspecified atom stereocenters. The van der Waals surface area contributed by atoms with Gasteiger partial charge in [0, 0.05) is 43.3 Å². The van der Waals surface area contributed by atoms with Crippen LogP contribution in [0.3, 0.4) is 0 Å². The maximum absolute atomic E-state index is 14.1. The summed E-state index contributed by atoms with van der Waals surface area (Å²) in [5.41, 5.74) is 6.59. The van der Waals surface area contributed by atoms with Gasteiger partial charge < -0.3 is 26.2 Å². The van der Waals surface area contributed by atoms with Crippen molar-refractivity contribution in [3.63, 3.8) is 0 Å². The Kier molecular flexibility index (Phi) is 7.81. The van der Waals surface area contributed by atoms with E-state index in [0.29, 0.717) is 16.6 Å². The molecule has 1 aliphatic rings. The molecule has 0 saturated heterocycles. The van der Waals surface area contributed by atoms with Gasteiger partial charge in [-0.15, -0.1) is 0 Å². The smallest absolute Gasteiger partial charge is 0.321 e. The van der Waals surface area contributed by atoms with Crippen LogP contribution in [0.25, 0.3) is 10.9 Å². The van der Waals surface area contributed by atoms with E-state index in [1.54, 1.807) is 38.4 Å². The maximum Gasteiger partial charge on any atom is 0.321 e. The molecule has 1 aliphatic carbocycles. The van der Waals surface area contributed by atoms with Crippen LogP contribution in [0.5, 0.6) is 0 Å². The molecule has 2 aromatic carbocycles. The minimum absolute atomic E-state index is 0.0412. The first-order valence-electron chi connectivity index (χ1n) is 11.8. The highest BCUT2D eigenvalue weighted by atomic mass is 35.5. The van der Waals surface area contributed by atoms with Gasteiger partial charge in [-0.2, -0.15) is 5.10 Å². The van der Waals surface area contributed by atoms with Crippen molar-refractivity contribution >= 4 is 51.9 Å². The second-order valence-corrected chi connectivity index (χ2v) is 9.58. The number of carbonyl (C=O) groups is 4. The number of primary amides is 1. The Hall–Kier alpha value is -4.19. The van der Waals surface area contributed by atoms with Gasteiger partial charge in [0.05, 0.1) is 17.1 Å². The Morgan fingerprint density at radius 3 is 2.58 bits per heavy atom. The predicted molar refractivity (Wildman–Crippen MR) is 139 cm³/mol. The zero-order chi connectivity index (χ0) is 27.6. The van der Waals surface area contributed by atoms with E-state index < -0.39 is 17.6 Å². The van der Waals surface area contributed by atoms with Crippen molar-refractivity contribution in [1.82, 2.24) is 24.9 Å². The number of halogens is 2. The number of benzene rings is 2. The number of urea groups is 1. The zero-order valence-electron chi connectivity index (χ0n) is 20.8. The van der Waals surface area contributed by atoms with Gasteiger partial charge in [0.2, 0.25) is 11.8 Å². The van der Waals surface area contributed by atoms with Crippen molar-refractivity contribution in [2.24, 2.45) is 5.73 Å². The van der Waals surface area contributed by atoms with Crippen LogP contribution in [-0.4, -0.2) is 70.0 Å². The summed E-state index contributed by atoms with van der Waals surface area (Å²) in [5, 5.41) is 9.89. The molecule has 4 rings (SSSR count). The number of hydrogen-bond acceptors (Lipinski definition) is 5. The largest absolute Gasteiger partial charge is 0.364 e. The third kappa shape index (κ3) is 6.02. The monoisotopic (exact) mass is 543 g/mol. The fourth-order valence-electron chi connectivity index (χ4n) is 3.91. The van der Waals surface area contributed by atoms with Crippen LogP contribution in [0, 0.1) is 5.82 Å². The van der Waals surface area contributed by atoms with Gasteiger partial charge in [0.15, 0.2) is 5.69 Å². The molecule has 5 amide bonds. The lowest BCUT2D eigenvalue weighted by molar-refractivity contribution is -0.137. The van der Waals surface area contributed by atoms with Gasteiger partial charge in [-0.05, 0) is 37.1 Å². The number of anilines is 1. The van der Waals surface area contributed by atoms with Crippen molar-refractivity contribution in [3.8, 4) is 0 Å². The van der Waals surface area contributed by atoms with Crippen LogP contribution < -0.4 is 16.4 Å². The van der Waals surface area contributed by atoms with Gasteiger partial charge in [0.1, 0.15) is 12.4 Å². The first kappa shape index (κ1) is 26.9. The van der Waals surface area contributed by atoms with E-state index in [9.17, 15) is 23.6 Å². The first-order valence-corrected chi connectivity index (χ1v) is 12.2. The molecule has 0 spiro atoms. The van der Waals surface area contributed by atoms with Crippen LogP contribution in [0.2, 0.25) is 5.02 Å². The molecule has 200 valence electrons. The van der Waals surface area contributed by atoms with Crippen molar-refractivity contribution in [3.05, 3.63) is 58.5 Å². The van der Waals surface area contributed by atoms with E-state index >= 15 is 0 Å². The summed E-state index contributed by atoms with van der Waals surface area (Å²) in [7, 11) is 3.18. The van der Waals surface area contributed by atoms with Gasteiger partial charge in [-0.1, -0.05) is 23.7 Å². The molecule has 4 N–H and O–H groups in total. The Labute approximate surface area is 222 Å². The highest BCUT2D eigenvalue weighted by Crippen LogP contribution is 2.28. The van der Waals surface area contributed by atoms with Crippen molar-refractivity contribution in [1.29, 1.82) is 0 Å². The molecule has 1 heterocycles. The highest BCUT2D eigenvalue weighted by Gasteiger charge is 2.34. The summed E-state index contributed by atoms with van der Waals surface area (Å²) < 4.78 is 15.5. The molecule has 0 aliphatic heterocycles. The van der Waals surface area contributed by atoms with Crippen LogP contribution in [0.4, 0.5) is 14.9 Å². The van der Waals surface area contributed by atoms with E-state index in [-0.39, 0.29) is 53.9 Å². The van der Waals surface area contributed by atoms with Crippen molar-refractivity contribution in [2.45, 2.75) is 32.0 Å². The van der Waals surface area contributed by atoms with Crippen molar-refractivity contribution in [2.75, 3.05) is 26.0 Å². The summed E-state index contributed by atoms with van der Waals surface area (Å²) in [5.74, 6) is -2.22. The molecular formula is C25H27ClFN7O4. The van der Waals surface area contributed by atoms with E-state index in [0.717, 1.165) is 12.8 Å². The number of carbonyl (C=O) groups excluding carboxylic acids is 4. The quantitative estimate of drug-likeness (QED) is 0.379. The van der Waals surface area contributed by atoms with E-state index in [2.05, 4.69) is 15.7 Å². The summed E-state index contributed by atoms with van der Waals surface area (Å²) in [6.07, 6.45) is 1.51. The summed E-state index contributed by atoms with van der Waals surface area (Å²) >= 11 is 5.79. The molecular weight excluding hydrogens is 517 g/mol. The molecule has 13 heteroatoms. The third-order valence-electron chi connectivity index (χ3n) is 6.06. The van der Waals surface area contributed by atoms with Crippen LogP contribution in [0.15, 0.2) is 36.4 Å². The fourth-order valence-corrected chi connectivity index (χ4v) is 4.10. The van der Waals surface area contributed by atoms with Gasteiger partial charge in [-0.25, -0.2) is 9.18 Å². The molecule has 0 bridgehead atoms. The molecule has 1 saturated carbocycles. The standard InChI is InChI=1S/C25H27ClFN7O4/c1-32(2)25(38)30-15-6-9-19-17(10-15)23(24(28)37)31-34(19)13-21(36)33(16-7-8-16)12-20(35)29-11-14-4-3-5-18(26)22(14)27/h3-6,9-10,16H,7-8,11-13H2,1-2H3,(H2,28,37)(H,29,35)(H,30,38). The van der Waals surface area contributed by atoms with E-state index in [1.807, 2.05) is 0 Å². The molecule has 38 heavy (non-hydrogen) atoms. The lowest BCUT2D eigenvalue weighted by Crippen LogP contribution is -2.43. The summed E-state index contributed by atoms with van der Waals surface area (Å²) in [6.45, 7) is -0.523. The number of aromatic nitrogens is 2. The lowest BCUT2D eigenvalue weighted by Gasteiger charge is -2.22. The number of rotatable bonds is 9. The SMILES string of the molecule is CN(C)C(=O)Nc1ccc2c(c1)c(C(N)=O)nn2CC(=O)N(CC(=O)NCc1cccc(Cl)c1F)C1CC1. The highest BCUT2D eigenvalue weighted by molar-refractivity contribution is 6.30. The normalized spacial score (nSPS) is 12.7. The van der Waals surface area contributed by atoms with Crippen LogP contribution in [0.1, 0.15) is 28.9 Å². The second-order valence-electron chi connectivity index (χ2n) is 9.17. The number of nitrogens with zero attached hydrogens (tertiary/aromatic N) is 4.